The van der Waals surface area contributed by atoms with Crippen LogP contribution in [0.15, 0.2) is 35.1 Å². The molecule has 0 unspecified atom stereocenters. The minimum atomic E-state index is 0.749. The summed E-state index contributed by atoms with van der Waals surface area (Å²) in [5, 5.41) is 6.02. The number of pyridine rings is 1. The Balaban J connectivity index is 2.14. The summed E-state index contributed by atoms with van der Waals surface area (Å²) in [6.07, 6.45) is 3.54. The second kappa shape index (κ2) is 4.99. The van der Waals surface area contributed by atoms with Gasteiger partial charge in [-0.3, -0.25) is 9.07 Å². The van der Waals surface area contributed by atoms with Crippen LogP contribution in [-0.2, 0) is 0 Å². The molecule has 0 saturated carbocycles. The smallest absolute Gasteiger partial charge is 0.141 e. The molecule has 3 aromatic heterocycles. The molecule has 6 heteroatoms. The molecule has 0 radical (unpaired) electrons. The highest BCUT2D eigenvalue weighted by Crippen LogP contribution is 2.40. The van der Waals surface area contributed by atoms with E-state index in [1.165, 1.54) is 0 Å². The molecule has 0 saturated heterocycles. The maximum absolute atomic E-state index is 6.51. The summed E-state index contributed by atoms with van der Waals surface area (Å²) in [4.78, 5) is 4.19. The number of rotatable bonds is 2. The largest absolute Gasteiger partial charge is 0.496 e. The van der Waals surface area contributed by atoms with Crippen LogP contribution in [0, 0.1) is 13.8 Å². The Labute approximate surface area is 137 Å². The van der Waals surface area contributed by atoms with E-state index in [0.29, 0.717) is 0 Å². The lowest BCUT2D eigenvalue weighted by atomic mass is 10.0. The molecule has 4 rings (SSSR count). The Morgan fingerprint density at radius 1 is 1.17 bits per heavy atom. The lowest BCUT2D eigenvalue weighted by Gasteiger charge is -2.09. The monoisotopic (exact) mass is 327 g/mol. The molecule has 23 heavy (non-hydrogen) atoms. The van der Waals surface area contributed by atoms with Crippen molar-refractivity contribution in [2.24, 2.45) is 0 Å². The fraction of sp³-hybridized carbons (Fsp3) is 0.176. The molecule has 3 heterocycles. The van der Waals surface area contributed by atoms with Gasteiger partial charge in [-0.15, -0.1) is 0 Å². The van der Waals surface area contributed by atoms with Gasteiger partial charge in [-0.25, -0.2) is 0 Å². The first kappa shape index (κ1) is 14.1. The highest BCUT2D eigenvalue weighted by atomic mass is 35.5. The van der Waals surface area contributed by atoms with E-state index >= 15 is 0 Å². The highest BCUT2D eigenvalue weighted by Gasteiger charge is 2.19. The van der Waals surface area contributed by atoms with Crippen molar-refractivity contribution in [3.63, 3.8) is 0 Å². The van der Waals surface area contributed by atoms with Crippen molar-refractivity contribution >= 4 is 33.6 Å². The van der Waals surface area contributed by atoms with Gasteiger partial charge in [0.15, 0.2) is 0 Å². The van der Waals surface area contributed by atoms with E-state index in [0.717, 1.165) is 50.1 Å². The van der Waals surface area contributed by atoms with Crippen molar-refractivity contribution in [3.8, 4) is 16.9 Å². The van der Waals surface area contributed by atoms with Crippen molar-refractivity contribution in [2.45, 2.75) is 13.8 Å². The quantitative estimate of drug-likeness (QED) is 0.545. The summed E-state index contributed by atoms with van der Waals surface area (Å²) in [5.74, 6) is 1.50. The summed E-state index contributed by atoms with van der Waals surface area (Å²) in [5.41, 5.74) is 4.47. The average Bonchev–Trinajstić information content (AvgIpc) is 3.04. The Morgan fingerprint density at radius 3 is 2.70 bits per heavy atom. The molecule has 0 aliphatic heterocycles. The van der Waals surface area contributed by atoms with Gasteiger partial charge in [0.05, 0.1) is 29.4 Å². The van der Waals surface area contributed by atoms with Crippen LogP contribution in [0.4, 0.5) is 0 Å². The van der Waals surface area contributed by atoms with Crippen LogP contribution in [0.1, 0.15) is 11.5 Å². The van der Waals surface area contributed by atoms with Crippen LogP contribution >= 0.6 is 11.8 Å². The predicted molar refractivity (Wildman–Crippen MR) is 90.0 cm³/mol. The zero-order chi connectivity index (χ0) is 16.1. The Morgan fingerprint density at radius 2 is 2.00 bits per heavy atom. The SMILES string of the molecule is COc1cc2c3cnccc3n(Cl)c2cc1-c1c(C)noc1C. The number of ether oxygens (including phenoxy) is 1. The molecule has 1 aromatic carbocycles. The van der Waals surface area contributed by atoms with Gasteiger partial charge in [-0.1, -0.05) is 5.16 Å². The number of aromatic nitrogens is 3. The lowest BCUT2D eigenvalue weighted by Crippen LogP contribution is -1.91. The lowest BCUT2D eigenvalue weighted by molar-refractivity contribution is 0.393. The molecule has 0 aliphatic rings. The topological polar surface area (TPSA) is 53.1 Å². The molecule has 0 atom stereocenters. The molecule has 0 spiro atoms. The van der Waals surface area contributed by atoms with Gasteiger partial charge < -0.3 is 9.26 Å². The van der Waals surface area contributed by atoms with Gasteiger partial charge in [-0.05, 0) is 32.0 Å². The van der Waals surface area contributed by atoms with Crippen LogP contribution in [0.3, 0.4) is 0 Å². The van der Waals surface area contributed by atoms with Gasteiger partial charge >= 0.3 is 0 Å². The van der Waals surface area contributed by atoms with E-state index < -0.39 is 0 Å². The van der Waals surface area contributed by atoms with E-state index in [1.54, 1.807) is 17.4 Å². The molecular formula is C17H14ClN3O2. The van der Waals surface area contributed by atoms with Crippen LogP contribution in [0.5, 0.6) is 5.75 Å². The van der Waals surface area contributed by atoms with Crippen molar-refractivity contribution in [2.75, 3.05) is 7.11 Å². The zero-order valence-electron chi connectivity index (χ0n) is 12.9. The summed E-state index contributed by atoms with van der Waals surface area (Å²) >= 11 is 6.51. The maximum atomic E-state index is 6.51. The summed E-state index contributed by atoms with van der Waals surface area (Å²) in [6, 6.07) is 5.89. The van der Waals surface area contributed by atoms with E-state index in [2.05, 4.69) is 10.1 Å². The van der Waals surface area contributed by atoms with Crippen LogP contribution < -0.4 is 4.74 Å². The minimum absolute atomic E-state index is 0.749. The van der Waals surface area contributed by atoms with E-state index in [-0.39, 0.29) is 0 Å². The molecule has 0 fully saturated rings. The van der Waals surface area contributed by atoms with E-state index in [9.17, 15) is 0 Å². The molecule has 4 aromatic rings. The average molecular weight is 328 g/mol. The van der Waals surface area contributed by atoms with Crippen LogP contribution in [0.25, 0.3) is 32.9 Å². The highest BCUT2D eigenvalue weighted by molar-refractivity contribution is 6.26. The van der Waals surface area contributed by atoms with Gasteiger partial charge in [0, 0.05) is 40.5 Å². The van der Waals surface area contributed by atoms with Crippen molar-refractivity contribution in [1.29, 1.82) is 0 Å². The fourth-order valence-corrected chi connectivity index (χ4v) is 3.36. The summed E-state index contributed by atoms with van der Waals surface area (Å²) in [6.45, 7) is 3.80. The summed E-state index contributed by atoms with van der Waals surface area (Å²) < 4.78 is 12.5. The number of methoxy groups -OCH3 is 1. The third-order valence-electron chi connectivity index (χ3n) is 4.13. The predicted octanol–water partition coefficient (Wildman–Crippen LogP) is 4.47. The summed E-state index contributed by atoms with van der Waals surface area (Å²) in [7, 11) is 1.65. The maximum Gasteiger partial charge on any atom is 0.141 e. The first-order valence-electron chi connectivity index (χ1n) is 7.17. The molecule has 5 nitrogen and oxygen atoms in total. The molecule has 116 valence electrons. The van der Waals surface area contributed by atoms with Crippen LogP contribution in [0.2, 0.25) is 0 Å². The van der Waals surface area contributed by atoms with Gasteiger partial charge in [0.2, 0.25) is 0 Å². The number of nitrogens with zero attached hydrogens (tertiary/aromatic N) is 3. The third-order valence-corrected chi connectivity index (χ3v) is 4.50. The molecule has 0 aliphatic carbocycles. The number of benzene rings is 1. The zero-order valence-corrected chi connectivity index (χ0v) is 13.7. The third kappa shape index (κ3) is 1.93. The second-order valence-electron chi connectivity index (χ2n) is 5.44. The molecule has 0 bridgehead atoms. The van der Waals surface area contributed by atoms with Gasteiger partial charge in [-0.2, -0.15) is 0 Å². The van der Waals surface area contributed by atoms with Crippen molar-refractivity contribution in [1.82, 2.24) is 14.2 Å². The second-order valence-corrected chi connectivity index (χ2v) is 5.78. The number of hydrogen-bond acceptors (Lipinski definition) is 4. The van der Waals surface area contributed by atoms with Gasteiger partial charge in [0.25, 0.3) is 0 Å². The van der Waals surface area contributed by atoms with Crippen molar-refractivity contribution in [3.05, 3.63) is 42.0 Å². The molecule has 0 amide bonds. The van der Waals surface area contributed by atoms with Gasteiger partial charge in [0.1, 0.15) is 11.5 Å². The Bertz CT molecular complexity index is 1030. The number of hydrogen-bond donors (Lipinski definition) is 0. The minimum Gasteiger partial charge on any atom is -0.496 e. The number of halogens is 1. The van der Waals surface area contributed by atoms with E-state index in [1.807, 2.05) is 38.2 Å². The van der Waals surface area contributed by atoms with Crippen molar-refractivity contribution < 1.29 is 9.26 Å². The standard InChI is InChI=1S/C17H14ClN3O2/c1-9-17(10(2)23-20-9)12-6-15-11(7-16(12)22-3)13-8-19-5-4-14(13)21(15)18/h4-8H,1-3H3. The number of fused-ring (bicyclic) bond motifs is 3. The normalized spacial score (nSPS) is 11.5. The van der Waals surface area contributed by atoms with Crippen LogP contribution in [-0.4, -0.2) is 21.3 Å². The first-order chi connectivity index (χ1) is 11.1. The fourth-order valence-electron chi connectivity index (χ4n) is 3.07. The Hall–Kier alpha value is -2.53. The Kier molecular flexibility index (Phi) is 3.06. The van der Waals surface area contributed by atoms with E-state index in [4.69, 9.17) is 21.0 Å². The molecule has 0 N–H and O–H groups in total. The first-order valence-corrected chi connectivity index (χ1v) is 7.51. The number of aryl methyl sites for hydroxylation is 2. The molecular weight excluding hydrogens is 314 g/mol.